The van der Waals surface area contributed by atoms with E-state index in [1.165, 1.54) is 12.1 Å². The van der Waals surface area contributed by atoms with Gasteiger partial charge in [0.25, 0.3) is 0 Å². The molecular weight excluding hydrogens is 394 g/mol. The largest absolute Gasteiger partial charge is 0.504 e. The summed E-state index contributed by atoms with van der Waals surface area (Å²) in [4.78, 5) is 14.5. The van der Waals surface area contributed by atoms with Gasteiger partial charge in [-0.15, -0.1) is 11.8 Å². The van der Waals surface area contributed by atoms with Gasteiger partial charge >= 0.3 is 0 Å². The third-order valence-electron chi connectivity index (χ3n) is 4.88. The molecule has 8 heteroatoms. The molecule has 2 aromatic carbocycles. The molecule has 0 spiro atoms. The molecule has 7 nitrogen and oxygen atoms in total. The second-order valence-corrected chi connectivity index (χ2v) is 7.77. The Morgan fingerprint density at radius 2 is 1.69 bits per heavy atom. The van der Waals surface area contributed by atoms with Crippen LogP contribution in [0, 0.1) is 0 Å². The molecule has 0 aliphatic carbocycles. The van der Waals surface area contributed by atoms with Gasteiger partial charge in [-0.2, -0.15) is 0 Å². The molecule has 156 valence electrons. The van der Waals surface area contributed by atoms with Crippen LogP contribution < -0.4 is 14.2 Å². The zero-order valence-electron chi connectivity index (χ0n) is 16.7. The maximum atomic E-state index is 12.7. The van der Waals surface area contributed by atoms with Gasteiger partial charge in [-0.05, 0) is 30.2 Å². The molecule has 2 N–H and O–H groups in total. The monoisotopic (exact) mass is 419 g/mol. The number of rotatable bonds is 7. The lowest BCUT2D eigenvalue weighted by molar-refractivity contribution is -0.132. The molecule has 0 aromatic heterocycles. The molecule has 2 aromatic rings. The Hall–Kier alpha value is -2.74. The van der Waals surface area contributed by atoms with Crippen LogP contribution in [0.4, 0.5) is 0 Å². The van der Waals surface area contributed by atoms with E-state index >= 15 is 0 Å². The fraction of sp³-hybridized carbons (Fsp3) is 0.381. The van der Waals surface area contributed by atoms with Crippen LogP contribution in [0.3, 0.4) is 0 Å². The van der Waals surface area contributed by atoms with E-state index in [1.807, 2.05) is 11.0 Å². The minimum Gasteiger partial charge on any atom is -0.504 e. The van der Waals surface area contributed by atoms with E-state index in [2.05, 4.69) is 0 Å². The second-order valence-electron chi connectivity index (χ2n) is 6.58. The summed E-state index contributed by atoms with van der Waals surface area (Å²) in [6.45, 7) is 0.470. The first-order valence-electron chi connectivity index (χ1n) is 9.20. The lowest BCUT2D eigenvalue weighted by Crippen LogP contribution is -2.38. The van der Waals surface area contributed by atoms with Gasteiger partial charge in [-0.1, -0.05) is 6.07 Å². The molecule has 0 saturated carbocycles. The molecule has 3 rings (SSSR count). The van der Waals surface area contributed by atoms with Crippen LogP contribution >= 0.6 is 11.8 Å². The molecule has 0 radical (unpaired) electrons. The second kappa shape index (κ2) is 9.17. The lowest BCUT2D eigenvalue weighted by Gasteiger charge is -2.36. The standard InChI is InChI=1S/C21H25NO6S/c1-26-17-12-19(28-3)18(27-2)11-14(17)21-22(20(25)7-9-29-21)8-6-13-4-5-15(23)16(24)10-13/h4-5,10-12,21,23-24H,6-9H2,1-3H3. The third kappa shape index (κ3) is 4.48. The van der Waals surface area contributed by atoms with E-state index in [9.17, 15) is 15.0 Å². The van der Waals surface area contributed by atoms with Crippen LogP contribution in [0.1, 0.15) is 22.9 Å². The average Bonchev–Trinajstić information content (AvgIpc) is 2.74. The third-order valence-corrected chi connectivity index (χ3v) is 6.14. The average molecular weight is 419 g/mol. The Labute approximate surface area is 174 Å². The number of aromatic hydroxyl groups is 2. The van der Waals surface area contributed by atoms with Crippen LogP contribution in [-0.4, -0.2) is 54.6 Å². The molecule has 1 aliphatic heterocycles. The number of phenols is 2. The van der Waals surface area contributed by atoms with Crippen molar-refractivity contribution in [3.63, 3.8) is 0 Å². The van der Waals surface area contributed by atoms with Crippen molar-refractivity contribution in [2.24, 2.45) is 0 Å². The van der Waals surface area contributed by atoms with Gasteiger partial charge in [0.1, 0.15) is 11.1 Å². The first-order valence-corrected chi connectivity index (χ1v) is 10.2. The molecule has 1 saturated heterocycles. The van der Waals surface area contributed by atoms with Crippen molar-refractivity contribution in [2.75, 3.05) is 33.6 Å². The Morgan fingerprint density at radius 3 is 2.34 bits per heavy atom. The summed E-state index contributed by atoms with van der Waals surface area (Å²) in [5.41, 5.74) is 1.68. The summed E-state index contributed by atoms with van der Waals surface area (Å²) in [5.74, 6) is 2.22. The first-order chi connectivity index (χ1) is 14.0. The van der Waals surface area contributed by atoms with Gasteiger partial charge < -0.3 is 29.3 Å². The smallest absolute Gasteiger partial charge is 0.224 e. The Bertz CT molecular complexity index is 888. The van der Waals surface area contributed by atoms with Crippen molar-refractivity contribution in [2.45, 2.75) is 18.2 Å². The summed E-state index contributed by atoms with van der Waals surface area (Å²) in [7, 11) is 4.72. The van der Waals surface area contributed by atoms with E-state index in [0.717, 1.165) is 16.9 Å². The van der Waals surface area contributed by atoms with Crippen LogP contribution in [0.25, 0.3) is 0 Å². The van der Waals surface area contributed by atoms with Gasteiger partial charge in [0.05, 0.1) is 21.3 Å². The SMILES string of the molecule is COc1cc(OC)c(C2SCCC(=O)N2CCc2ccc(O)c(O)c2)cc1OC. The van der Waals surface area contributed by atoms with Gasteiger partial charge in [-0.25, -0.2) is 0 Å². The topological polar surface area (TPSA) is 88.5 Å². The molecule has 0 bridgehead atoms. The predicted octanol–water partition coefficient (Wildman–Crippen LogP) is 3.33. The van der Waals surface area contributed by atoms with Crippen molar-refractivity contribution >= 4 is 17.7 Å². The minimum absolute atomic E-state index is 0.0635. The van der Waals surface area contributed by atoms with E-state index < -0.39 is 0 Å². The van der Waals surface area contributed by atoms with Gasteiger partial charge in [0, 0.05) is 30.3 Å². The number of ether oxygens (including phenoxy) is 3. The molecule has 1 unspecified atom stereocenters. The highest BCUT2D eigenvalue weighted by atomic mass is 32.2. The van der Waals surface area contributed by atoms with E-state index in [4.69, 9.17) is 14.2 Å². The highest BCUT2D eigenvalue weighted by Crippen LogP contribution is 2.45. The summed E-state index contributed by atoms with van der Waals surface area (Å²) < 4.78 is 16.4. The number of carbonyl (C=O) groups is 1. The number of thioether (sulfide) groups is 1. The molecule has 1 atom stereocenters. The number of nitrogens with zero attached hydrogens (tertiary/aromatic N) is 1. The number of amides is 1. The predicted molar refractivity (Wildman–Crippen MR) is 111 cm³/mol. The van der Waals surface area contributed by atoms with Crippen LogP contribution in [0.5, 0.6) is 28.7 Å². The molecular formula is C21H25NO6S. The Kier molecular flexibility index (Phi) is 6.64. The van der Waals surface area contributed by atoms with Gasteiger partial charge in [0.15, 0.2) is 23.0 Å². The van der Waals surface area contributed by atoms with Crippen molar-refractivity contribution in [1.29, 1.82) is 0 Å². The minimum atomic E-state index is -0.225. The number of phenolic OH excluding ortho intramolecular Hbond substituents is 2. The lowest BCUT2D eigenvalue weighted by atomic mass is 10.1. The van der Waals surface area contributed by atoms with Crippen molar-refractivity contribution < 1.29 is 29.2 Å². The molecule has 1 fully saturated rings. The van der Waals surface area contributed by atoms with Crippen LogP contribution in [-0.2, 0) is 11.2 Å². The maximum Gasteiger partial charge on any atom is 0.224 e. The highest BCUT2D eigenvalue weighted by Gasteiger charge is 2.32. The van der Waals surface area contributed by atoms with Gasteiger partial charge in [0.2, 0.25) is 5.91 Å². The zero-order valence-corrected chi connectivity index (χ0v) is 17.5. The van der Waals surface area contributed by atoms with Crippen molar-refractivity contribution in [3.8, 4) is 28.7 Å². The van der Waals surface area contributed by atoms with Crippen molar-refractivity contribution in [1.82, 2.24) is 4.90 Å². The Balaban J connectivity index is 1.89. The maximum absolute atomic E-state index is 12.7. The van der Waals surface area contributed by atoms with Crippen LogP contribution in [0.15, 0.2) is 30.3 Å². The molecule has 29 heavy (non-hydrogen) atoms. The quantitative estimate of drug-likeness (QED) is 0.666. The molecule has 1 heterocycles. The van der Waals surface area contributed by atoms with Crippen molar-refractivity contribution in [3.05, 3.63) is 41.5 Å². The Morgan fingerprint density at radius 1 is 1.00 bits per heavy atom. The number of carbonyl (C=O) groups excluding carboxylic acids is 1. The van der Waals surface area contributed by atoms with E-state index in [-0.39, 0.29) is 22.8 Å². The van der Waals surface area contributed by atoms with Gasteiger partial charge in [-0.3, -0.25) is 4.79 Å². The van der Waals surface area contributed by atoms with E-state index in [1.54, 1.807) is 45.2 Å². The summed E-state index contributed by atoms with van der Waals surface area (Å²) in [5, 5.41) is 19.0. The number of hydrogen-bond donors (Lipinski definition) is 2. The normalized spacial score (nSPS) is 16.6. The highest BCUT2D eigenvalue weighted by molar-refractivity contribution is 7.99. The number of methoxy groups -OCH3 is 3. The summed E-state index contributed by atoms with van der Waals surface area (Å²) >= 11 is 1.67. The zero-order chi connectivity index (χ0) is 21.0. The summed E-state index contributed by atoms with van der Waals surface area (Å²) in [6.07, 6.45) is 1.02. The number of hydrogen-bond acceptors (Lipinski definition) is 7. The molecule has 1 aliphatic rings. The fourth-order valence-corrected chi connectivity index (χ4v) is 4.62. The van der Waals surface area contributed by atoms with Crippen LogP contribution in [0.2, 0.25) is 0 Å². The number of benzene rings is 2. The molecule has 1 amide bonds. The fourth-order valence-electron chi connectivity index (χ4n) is 3.34. The van der Waals surface area contributed by atoms with E-state index in [0.29, 0.717) is 36.6 Å². The summed E-state index contributed by atoms with van der Waals surface area (Å²) in [6, 6.07) is 8.33. The first kappa shape index (κ1) is 21.0.